The van der Waals surface area contributed by atoms with Crippen LogP contribution in [0, 0.1) is 20.8 Å². The molecule has 0 fully saturated rings. The van der Waals surface area contributed by atoms with Gasteiger partial charge in [-0.05, 0) is 67.8 Å². The van der Waals surface area contributed by atoms with Crippen molar-refractivity contribution >= 4 is 69.4 Å². The Kier molecular flexibility index (Phi) is 7.65. The Bertz CT molecular complexity index is 1350. The maximum atomic E-state index is 13.4. The van der Waals surface area contributed by atoms with Crippen molar-refractivity contribution in [3.05, 3.63) is 98.7 Å². The summed E-state index contributed by atoms with van der Waals surface area (Å²) in [6.45, 7) is 5.89. The number of amidine groups is 1. The molecule has 8 heteroatoms. The average Bonchev–Trinajstić information content (AvgIpc) is 3.13. The predicted molar refractivity (Wildman–Crippen MR) is 148 cm³/mol. The molecule has 0 radical (unpaired) electrons. The zero-order valence-corrected chi connectivity index (χ0v) is 21.8. The summed E-state index contributed by atoms with van der Waals surface area (Å²) in [4.78, 5) is 32.2. The summed E-state index contributed by atoms with van der Waals surface area (Å²) in [5.41, 5.74) is 5.49. The summed E-state index contributed by atoms with van der Waals surface area (Å²) in [5.74, 6) is -0.353. The van der Waals surface area contributed by atoms with Gasteiger partial charge in [0, 0.05) is 5.69 Å². The summed E-state index contributed by atoms with van der Waals surface area (Å²) in [5, 5.41) is 4.24. The highest BCUT2D eigenvalue weighted by molar-refractivity contribution is 8.14. The van der Waals surface area contributed by atoms with Gasteiger partial charge >= 0.3 is 0 Å². The highest BCUT2D eigenvalue weighted by Crippen LogP contribution is 2.31. The average molecular weight is 524 g/mol. The van der Waals surface area contributed by atoms with E-state index >= 15 is 0 Å². The van der Waals surface area contributed by atoms with Crippen molar-refractivity contribution < 1.29 is 9.59 Å². The van der Waals surface area contributed by atoms with Crippen LogP contribution in [0.4, 0.5) is 11.4 Å². The first-order chi connectivity index (χ1) is 16.7. The van der Waals surface area contributed by atoms with E-state index in [0.717, 1.165) is 22.4 Å². The predicted octanol–water partition coefficient (Wildman–Crippen LogP) is 7.03. The third-order valence-electron chi connectivity index (χ3n) is 5.45. The Labute approximate surface area is 218 Å². The van der Waals surface area contributed by atoms with Crippen LogP contribution in [0.1, 0.15) is 22.3 Å². The lowest BCUT2D eigenvalue weighted by atomic mass is 10.1. The van der Waals surface area contributed by atoms with Gasteiger partial charge in [0.25, 0.3) is 5.91 Å². The van der Waals surface area contributed by atoms with Crippen LogP contribution in [0.5, 0.6) is 0 Å². The normalized spacial score (nSPS) is 14.4. The second-order valence-corrected chi connectivity index (χ2v) is 9.93. The number of rotatable bonds is 5. The van der Waals surface area contributed by atoms with Gasteiger partial charge in [-0.2, -0.15) is 0 Å². The summed E-state index contributed by atoms with van der Waals surface area (Å²) in [6, 6.07) is 18.6. The Hall–Kier alpha value is -3.06. The summed E-state index contributed by atoms with van der Waals surface area (Å²) >= 11 is 13.4. The number of hydrogen-bond donors (Lipinski definition) is 1. The number of carbonyl (C=O) groups is 2. The quantitative estimate of drug-likeness (QED) is 0.365. The monoisotopic (exact) mass is 523 g/mol. The highest BCUT2D eigenvalue weighted by Gasteiger charge is 2.32. The molecule has 1 aliphatic rings. The molecule has 0 unspecified atom stereocenters. The van der Waals surface area contributed by atoms with E-state index in [1.54, 1.807) is 24.3 Å². The van der Waals surface area contributed by atoms with Crippen molar-refractivity contribution in [2.75, 3.05) is 16.0 Å². The Balaban J connectivity index is 1.60. The minimum absolute atomic E-state index is 0.0995. The number of benzene rings is 3. The molecule has 35 heavy (non-hydrogen) atoms. The van der Waals surface area contributed by atoms with E-state index in [2.05, 4.69) is 10.3 Å². The minimum atomic E-state index is -0.280. The largest absolute Gasteiger partial charge is 0.325 e. The lowest BCUT2D eigenvalue weighted by molar-refractivity contribution is -0.114. The standard InChI is InChI=1S/C27H23Cl2N3O2S/c1-16-7-10-20(11-8-16)32-26(34)23(14-19-9-12-21(28)22(29)13-19)30-27(32)35-15-24(33)31-25-17(2)5-4-6-18(25)3/h4-14H,15H2,1-3H3,(H,31,33)/b23-14-. The number of thioether (sulfide) groups is 1. The molecule has 0 aromatic heterocycles. The molecular weight excluding hydrogens is 501 g/mol. The van der Waals surface area contributed by atoms with Gasteiger partial charge in [-0.15, -0.1) is 0 Å². The topological polar surface area (TPSA) is 61.8 Å². The lowest BCUT2D eigenvalue weighted by Crippen LogP contribution is -2.31. The van der Waals surface area contributed by atoms with Gasteiger partial charge < -0.3 is 5.32 Å². The molecule has 0 saturated heterocycles. The number of para-hydroxylation sites is 1. The Morgan fingerprint density at radius 2 is 1.69 bits per heavy atom. The molecule has 0 atom stereocenters. The van der Waals surface area contributed by atoms with Gasteiger partial charge in [-0.1, -0.05) is 76.9 Å². The molecule has 5 nitrogen and oxygen atoms in total. The fourth-order valence-corrected chi connectivity index (χ4v) is 4.71. The first kappa shape index (κ1) is 25.0. The smallest absolute Gasteiger partial charge is 0.283 e. The van der Waals surface area contributed by atoms with Crippen LogP contribution in [0.3, 0.4) is 0 Å². The number of halogens is 2. The molecule has 1 heterocycles. The molecule has 1 aliphatic heterocycles. The number of nitrogens with one attached hydrogen (secondary N) is 1. The molecule has 0 aliphatic carbocycles. The van der Waals surface area contributed by atoms with E-state index < -0.39 is 0 Å². The highest BCUT2D eigenvalue weighted by atomic mass is 35.5. The van der Waals surface area contributed by atoms with E-state index in [1.807, 2.05) is 63.2 Å². The van der Waals surface area contributed by atoms with E-state index in [9.17, 15) is 9.59 Å². The van der Waals surface area contributed by atoms with Crippen LogP contribution >= 0.6 is 35.0 Å². The molecule has 0 spiro atoms. The number of hydrogen-bond acceptors (Lipinski definition) is 4. The maximum Gasteiger partial charge on any atom is 0.283 e. The summed E-state index contributed by atoms with van der Waals surface area (Å²) in [7, 11) is 0. The van der Waals surface area contributed by atoms with Crippen molar-refractivity contribution in [1.29, 1.82) is 0 Å². The van der Waals surface area contributed by atoms with Gasteiger partial charge in [0.2, 0.25) is 5.91 Å². The number of anilines is 2. The molecule has 2 amide bonds. The number of aryl methyl sites for hydroxylation is 3. The van der Waals surface area contributed by atoms with Gasteiger partial charge in [-0.25, -0.2) is 4.99 Å². The lowest BCUT2D eigenvalue weighted by Gasteiger charge is -2.18. The zero-order valence-electron chi connectivity index (χ0n) is 19.4. The minimum Gasteiger partial charge on any atom is -0.325 e. The number of aliphatic imine (C=N–C) groups is 1. The van der Waals surface area contributed by atoms with Crippen LogP contribution in [-0.4, -0.2) is 22.7 Å². The summed E-state index contributed by atoms with van der Waals surface area (Å²) in [6.07, 6.45) is 1.66. The summed E-state index contributed by atoms with van der Waals surface area (Å²) < 4.78 is 0. The Morgan fingerprint density at radius 3 is 2.34 bits per heavy atom. The SMILES string of the molecule is Cc1ccc(N2C(=O)/C(=C/c3ccc(Cl)c(Cl)c3)N=C2SCC(=O)Nc2c(C)cccc2C)cc1. The van der Waals surface area contributed by atoms with Crippen LogP contribution < -0.4 is 10.2 Å². The fourth-order valence-electron chi connectivity index (χ4n) is 3.59. The third-order valence-corrected chi connectivity index (χ3v) is 7.12. The molecule has 0 saturated carbocycles. The van der Waals surface area contributed by atoms with Crippen molar-refractivity contribution in [3.63, 3.8) is 0 Å². The van der Waals surface area contributed by atoms with Gasteiger partial charge in [-0.3, -0.25) is 14.5 Å². The first-order valence-corrected chi connectivity index (χ1v) is 12.6. The number of amides is 2. The van der Waals surface area contributed by atoms with Crippen LogP contribution in [0.25, 0.3) is 6.08 Å². The van der Waals surface area contributed by atoms with Crippen molar-refractivity contribution in [3.8, 4) is 0 Å². The van der Waals surface area contributed by atoms with Crippen molar-refractivity contribution in [2.45, 2.75) is 20.8 Å². The zero-order chi connectivity index (χ0) is 25.1. The van der Waals surface area contributed by atoms with Crippen molar-refractivity contribution in [1.82, 2.24) is 0 Å². The second kappa shape index (κ2) is 10.7. The van der Waals surface area contributed by atoms with Crippen LogP contribution in [0.2, 0.25) is 10.0 Å². The van der Waals surface area contributed by atoms with Crippen LogP contribution in [-0.2, 0) is 9.59 Å². The number of nitrogens with zero attached hydrogens (tertiary/aromatic N) is 2. The molecule has 178 valence electrons. The maximum absolute atomic E-state index is 13.4. The molecule has 4 rings (SSSR count). The van der Waals surface area contributed by atoms with Crippen molar-refractivity contribution in [2.24, 2.45) is 4.99 Å². The molecule has 3 aromatic carbocycles. The molecule has 1 N–H and O–H groups in total. The molecule has 0 bridgehead atoms. The number of carbonyl (C=O) groups excluding carboxylic acids is 2. The first-order valence-electron chi connectivity index (χ1n) is 10.9. The fraction of sp³-hybridized carbons (Fsp3) is 0.148. The van der Waals surface area contributed by atoms with E-state index in [0.29, 0.717) is 26.5 Å². The molecular formula is C27H23Cl2N3O2S. The van der Waals surface area contributed by atoms with Gasteiger partial charge in [0.05, 0.1) is 21.5 Å². The van der Waals surface area contributed by atoms with Crippen LogP contribution in [0.15, 0.2) is 71.4 Å². The van der Waals surface area contributed by atoms with E-state index in [1.165, 1.54) is 16.7 Å². The molecule has 3 aromatic rings. The van der Waals surface area contributed by atoms with Gasteiger partial charge in [0.15, 0.2) is 5.17 Å². The third kappa shape index (κ3) is 5.78. The van der Waals surface area contributed by atoms with E-state index in [4.69, 9.17) is 23.2 Å². The van der Waals surface area contributed by atoms with Gasteiger partial charge in [0.1, 0.15) is 5.70 Å². The second-order valence-electron chi connectivity index (χ2n) is 8.18. The van der Waals surface area contributed by atoms with E-state index in [-0.39, 0.29) is 23.3 Å². The Morgan fingerprint density at radius 1 is 1.00 bits per heavy atom.